The summed E-state index contributed by atoms with van der Waals surface area (Å²) < 4.78 is 17.3. The predicted octanol–water partition coefficient (Wildman–Crippen LogP) is 3.93. The number of likely N-dealkylation sites (tertiary alicyclic amines) is 1. The van der Waals surface area contributed by atoms with Crippen molar-refractivity contribution >= 4 is 17.9 Å². The number of carbonyl (C=O) groups excluding carboxylic acids is 2. The first-order chi connectivity index (χ1) is 16.5. The Morgan fingerprint density at radius 1 is 1.00 bits per heavy atom. The van der Waals surface area contributed by atoms with Gasteiger partial charge in [0.05, 0.1) is 6.61 Å². The molecule has 7 heteroatoms. The van der Waals surface area contributed by atoms with Crippen molar-refractivity contribution in [2.45, 2.75) is 26.7 Å². The Morgan fingerprint density at radius 3 is 2.44 bits per heavy atom. The predicted molar refractivity (Wildman–Crippen MR) is 132 cm³/mol. The number of carbonyl (C=O) groups is 2. The van der Waals surface area contributed by atoms with Crippen molar-refractivity contribution in [3.8, 4) is 17.2 Å². The van der Waals surface area contributed by atoms with Crippen molar-refractivity contribution in [2.24, 2.45) is 5.92 Å². The number of amides is 2. The van der Waals surface area contributed by atoms with Gasteiger partial charge in [-0.2, -0.15) is 0 Å². The van der Waals surface area contributed by atoms with Gasteiger partial charge in [-0.05, 0) is 61.6 Å². The Morgan fingerprint density at radius 2 is 1.74 bits per heavy atom. The molecule has 1 N–H and O–H groups in total. The van der Waals surface area contributed by atoms with E-state index in [-0.39, 0.29) is 11.8 Å². The number of para-hydroxylation sites is 1. The van der Waals surface area contributed by atoms with Crippen molar-refractivity contribution < 1.29 is 23.8 Å². The van der Waals surface area contributed by atoms with E-state index in [0.29, 0.717) is 56.9 Å². The summed E-state index contributed by atoms with van der Waals surface area (Å²) in [6.45, 7) is 6.86. The van der Waals surface area contributed by atoms with E-state index in [1.807, 2.05) is 60.4 Å². The third-order valence-corrected chi connectivity index (χ3v) is 5.60. The topological polar surface area (TPSA) is 77.1 Å². The lowest BCUT2D eigenvalue weighted by Gasteiger charge is -2.31. The summed E-state index contributed by atoms with van der Waals surface area (Å²) >= 11 is 0. The molecule has 34 heavy (non-hydrogen) atoms. The first-order valence-electron chi connectivity index (χ1n) is 11.8. The Kier molecular flexibility index (Phi) is 9.82. The number of piperidine rings is 1. The molecule has 3 rings (SSSR count). The summed E-state index contributed by atoms with van der Waals surface area (Å²) in [5.74, 6) is 2.49. The van der Waals surface area contributed by atoms with Crippen LogP contribution in [0.1, 0.15) is 32.3 Å². The number of nitrogens with one attached hydrogen (secondary N) is 1. The molecule has 0 aliphatic carbocycles. The van der Waals surface area contributed by atoms with E-state index in [0.717, 1.165) is 24.2 Å². The molecule has 0 bridgehead atoms. The number of hydrogen-bond acceptors (Lipinski definition) is 5. The standard InChI is InChI=1S/C27H34N2O5/c1-3-32-26-19-22(9-11-25(26)34-18-17-33-24-7-5-4-6-8-24)10-12-27(31)29-15-13-23(14-16-29)20-28-21(2)30/h4-12,19,23H,3,13-18,20H2,1-2H3,(H,28,30). The maximum absolute atomic E-state index is 12.6. The maximum Gasteiger partial charge on any atom is 0.246 e. The van der Waals surface area contributed by atoms with Gasteiger partial charge < -0.3 is 24.4 Å². The maximum atomic E-state index is 12.6. The summed E-state index contributed by atoms with van der Waals surface area (Å²) in [4.78, 5) is 25.5. The number of hydrogen-bond donors (Lipinski definition) is 1. The average molecular weight is 467 g/mol. The molecule has 2 amide bonds. The normalized spacial score (nSPS) is 14.1. The molecule has 1 fully saturated rings. The summed E-state index contributed by atoms with van der Waals surface area (Å²) in [5, 5.41) is 2.86. The van der Waals surface area contributed by atoms with Crippen LogP contribution in [0.5, 0.6) is 17.2 Å². The van der Waals surface area contributed by atoms with Gasteiger partial charge in [-0.15, -0.1) is 0 Å². The van der Waals surface area contributed by atoms with Gasteiger partial charge in [0.1, 0.15) is 19.0 Å². The van der Waals surface area contributed by atoms with Gasteiger partial charge in [0.2, 0.25) is 11.8 Å². The smallest absolute Gasteiger partial charge is 0.246 e. The highest BCUT2D eigenvalue weighted by Gasteiger charge is 2.21. The molecule has 2 aromatic rings. The number of benzene rings is 2. The zero-order chi connectivity index (χ0) is 24.2. The van der Waals surface area contributed by atoms with Gasteiger partial charge in [0.15, 0.2) is 11.5 Å². The Hall–Kier alpha value is -3.48. The summed E-state index contributed by atoms with van der Waals surface area (Å²) in [6.07, 6.45) is 5.20. The van der Waals surface area contributed by atoms with E-state index < -0.39 is 0 Å². The fraction of sp³-hybridized carbons (Fsp3) is 0.407. The van der Waals surface area contributed by atoms with Crippen LogP contribution in [-0.4, -0.2) is 56.2 Å². The Balaban J connectivity index is 1.49. The van der Waals surface area contributed by atoms with Crippen LogP contribution in [0.4, 0.5) is 0 Å². The molecular weight excluding hydrogens is 432 g/mol. The van der Waals surface area contributed by atoms with Crippen molar-refractivity contribution in [3.05, 3.63) is 60.2 Å². The Bertz CT molecular complexity index is 953. The lowest BCUT2D eigenvalue weighted by Crippen LogP contribution is -2.40. The van der Waals surface area contributed by atoms with Crippen LogP contribution in [0.15, 0.2) is 54.6 Å². The zero-order valence-electron chi connectivity index (χ0n) is 20.0. The minimum atomic E-state index is -0.00945. The number of rotatable bonds is 11. The first kappa shape index (κ1) is 25.1. The molecular formula is C27H34N2O5. The quantitative estimate of drug-likeness (QED) is 0.401. The SMILES string of the molecule is CCOc1cc(C=CC(=O)N2CCC(CNC(C)=O)CC2)ccc1OCCOc1ccccc1. The van der Waals surface area contributed by atoms with E-state index in [4.69, 9.17) is 14.2 Å². The third kappa shape index (κ3) is 8.14. The van der Waals surface area contributed by atoms with E-state index in [1.165, 1.54) is 6.92 Å². The van der Waals surface area contributed by atoms with Crippen molar-refractivity contribution in [2.75, 3.05) is 39.5 Å². The van der Waals surface area contributed by atoms with E-state index >= 15 is 0 Å². The second-order valence-electron chi connectivity index (χ2n) is 8.19. The third-order valence-electron chi connectivity index (χ3n) is 5.60. The minimum absolute atomic E-state index is 0.00526. The van der Waals surface area contributed by atoms with Crippen LogP contribution in [0.25, 0.3) is 6.08 Å². The number of nitrogens with zero attached hydrogens (tertiary/aromatic N) is 1. The van der Waals surface area contributed by atoms with Crippen molar-refractivity contribution in [1.29, 1.82) is 0 Å². The van der Waals surface area contributed by atoms with E-state index in [1.54, 1.807) is 12.2 Å². The molecule has 0 aromatic heterocycles. The molecule has 0 spiro atoms. The highest BCUT2D eigenvalue weighted by Crippen LogP contribution is 2.29. The van der Waals surface area contributed by atoms with Gasteiger partial charge in [-0.3, -0.25) is 9.59 Å². The monoisotopic (exact) mass is 466 g/mol. The molecule has 1 aliphatic heterocycles. The van der Waals surface area contributed by atoms with E-state index in [2.05, 4.69) is 5.32 Å². The summed E-state index contributed by atoms with van der Waals surface area (Å²) in [5.41, 5.74) is 0.866. The summed E-state index contributed by atoms with van der Waals surface area (Å²) in [6, 6.07) is 15.2. The van der Waals surface area contributed by atoms with Gasteiger partial charge in [0.25, 0.3) is 0 Å². The fourth-order valence-corrected chi connectivity index (χ4v) is 3.76. The Labute approximate surface area is 201 Å². The molecule has 0 unspecified atom stereocenters. The average Bonchev–Trinajstić information content (AvgIpc) is 2.86. The first-order valence-corrected chi connectivity index (χ1v) is 11.8. The molecule has 0 radical (unpaired) electrons. The number of ether oxygens (including phenoxy) is 3. The molecule has 0 atom stereocenters. The highest BCUT2D eigenvalue weighted by atomic mass is 16.5. The van der Waals surface area contributed by atoms with Crippen molar-refractivity contribution in [3.63, 3.8) is 0 Å². The van der Waals surface area contributed by atoms with Crippen LogP contribution < -0.4 is 19.5 Å². The van der Waals surface area contributed by atoms with Crippen LogP contribution in [0.3, 0.4) is 0 Å². The van der Waals surface area contributed by atoms with Crippen molar-refractivity contribution in [1.82, 2.24) is 10.2 Å². The van der Waals surface area contributed by atoms with Gasteiger partial charge >= 0.3 is 0 Å². The van der Waals surface area contributed by atoms with Crippen LogP contribution in [0.2, 0.25) is 0 Å². The second kappa shape index (κ2) is 13.3. The minimum Gasteiger partial charge on any atom is -0.490 e. The molecule has 2 aromatic carbocycles. The largest absolute Gasteiger partial charge is 0.490 e. The van der Waals surface area contributed by atoms with Crippen LogP contribution >= 0.6 is 0 Å². The molecule has 182 valence electrons. The highest BCUT2D eigenvalue weighted by molar-refractivity contribution is 5.92. The fourth-order valence-electron chi connectivity index (χ4n) is 3.76. The van der Waals surface area contributed by atoms with Crippen LogP contribution in [0, 0.1) is 5.92 Å². The van der Waals surface area contributed by atoms with Gasteiger partial charge in [0, 0.05) is 32.6 Å². The zero-order valence-corrected chi connectivity index (χ0v) is 20.0. The summed E-state index contributed by atoms with van der Waals surface area (Å²) in [7, 11) is 0. The molecule has 1 heterocycles. The second-order valence-corrected chi connectivity index (χ2v) is 8.19. The van der Waals surface area contributed by atoms with Gasteiger partial charge in [-0.25, -0.2) is 0 Å². The molecule has 7 nitrogen and oxygen atoms in total. The molecule has 1 aliphatic rings. The lowest BCUT2D eigenvalue weighted by atomic mass is 9.96. The molecule has 1 saturated heterocycles. The van der Waals surface area contributed by atoms with Crippen LogP contribution in [-0.2, 0) is 9.59 Å². The lowest BCUT2D eigenvalue weighted by molar-refractivity contribution is -0.127. The van der Waals surface area contributed by atoms with E-state index in [9.17, 15) is 9.59 Å². The van der Waals surface area contributed by atoms with Gasteiger partial charge in [-0.1, -0.05) is 24.3 Å². The molecule has 0 saturated carbocycles.